The lowest BCUT2D eigenvalue weighted by atomic mass is 10.2. The first-order valence-corrected chi connectivity index (χ1v) is 4.76. The monoisotopic (exact) mass is 205 g/mol. The predicted octanol–water partition coefficient (Wildman–Crippen LogP) is 1.85. The van der Waals surface area contributed by atoms with Gasteiger partial charge in [-0.15, -0.1) is 0 Å². The van der Waals surface area contributed by atoms with Gasteiger partial charge in [0, 0.05) is 19.7 Å². The van der Waals surface area contributed by atoms with Gasteiger partial charge in [0.2, 0.25) is 0 Å². The van der Waals surface area contributed by atoms with E-state index in [1.807, 2.05) is 30.3 Å². The highest BCUT2D eigenvalue weighted by Crippen LogP contribution is 1.99. The molecule has 1 aromatic rings. The van der Waals surface area contributed by atoms with Gasteiger partial charge < -0.3 is 10.1 Å². The number of rotatable bonds is 5. The number of nitrogens with one attached hydrogen (secondary N) is 1. The number of carbonyl (C=O) groups is 1. The normalized spacial score (nSPS) is 10.9. The zero-order valence-corrected chi connectivity index (χ0v) is 8.99. The van der Waals surface area contributed by atoms with Gasteiger partial charge in [0.05, 0.1) is 7.11 Å². The summed E-state index contributed by atoms with van der Waals surface area (Å²) >= 11 is 0. The molecule has 15 heavy (non-hydrogen) atoms. The Bertz CT molecular complexity index is 344. The lowest BCUT2D eigenvalue weighted by Gasteiger charge is -2.04. The van der Waals surface area contributed by atoms with Crippen LogP contribution in [-0.4, -0.2) is 12.9 Å². The Morgan fingerprint density at radius 1 is 1.40 bits per heavy atom. The van der Waals surface area contributed by atoms with Crippen LogP contribution in [0.4, 0.5) is 0 Å². The van der Waals surface area contributed by atoms with Crippen LogP contribution in [0.15, 0.2) is 42.3 Å². The van der Waals surface area contributed by atoms with Crippen molar-refractivity contribution in [2.24, 2.45) is 0 Å². The molecule has 0 aliphatic heterocycles. The number of hydrogen-bond acceptors (Lipinski definition) is 3. The number of carbonyl (C=O) groups excluding carboxylic acids is 1. The van der Waals surface area contributed by atoms with E-state index in [0.717, 1.165) is 5.56 Å². The van der Waals surface area contributed by atoms with Gasteiger partial charge in [0.15, 0.2) is 11.5 Å². The van der Waals surface area contributed by atoms with Crippen molar-refractivity contribution in [2.75, 3.05) is 7.11 Å². The maximum Gasteiger partial charge on any atom is 0.195 e. The number of Topliss-reactive ketones (excluding diaryl/α,β-unsaturated/α-hetero) is 1. The molecule has 0 atom stereocenters. The summed E-state index contributed by atoms with van der Waals surface area (Å²) in [6.45, 7) is 2.15. The lowest BCUT2D eigenvalue weighted by Crippen LogP contribution is -2.09. The van der Waals surface area contributed by atoms with E-state index >= 15 is 0 Å². The van der Waals surface area contributed by atoms with E-state index in [1.165, 1.54) is 14.0 Å². The Labute approximate surface area is 89.8 Å². The largest absolute Gasteiger partial charge is 0.492 e. The summed E-state index contributed by atoms with van der Waals surface area (Å²) in [4.78, 5) is 11.0. The molecule has 0 aromatic heterocycles. The molecule has 0 aliphatic rings. The van der Waals surface area contributed by atoms with Gasteiger partial charge in [0.1, 0.15) is 0 Å². The third-order valence-corrected chi connectivity index (χ3v) is 1.95. The molecule has 0 amide bonds. The third-order valence-electron chi connectivity index (χ3n) is 1.95. The Morgan fingerprint density at radius 2 is 2.07 bits per heavy atom. The first kappa shape index (κ1) is 11.3. The van der Waals surface area contributed by atoms with Gasteiger partial charge in [-0.05, 0) is 5.56 Å². The highest BCUT2D eigenvalue weighted by atomic mass is 16.5. The maximum atomic E-state index is 11.0. The van der Waals surface area contributed by atoms with E-state index in [-0.39, 0.29) is 5.78 Å². The second-order valence-electron chi connectivity index (χ2n) is 3.14. The van der Waals surface area contributed by atoms with E-state index < -0.39 is 0 Å². The maximum absolute atomic E-state index is 11.0. The summed E-state index contributed by atoms with van der Waals surface area (Å²) in [6, 6.07) is 9.95. The Kier molecular flexibility index (Phi) is 4.41. The fraction of sp³-hybridized carbons (Fsp3) is 0.250. The summed E-state index contributed by atoms with van der Waals surface area (Å²) in [5, 5.41) is 3.03. The van der Waals surface area contributed by atoms with Gasteiger partial charge >= 0.3 is 0 Å². The van der Waals surface area contributed by atoms with Crippen LogP contribution >= 0.6 is 0 Å². The summed E-state index contributed by atoms with van der Waals surface area (Å²) in [5.74, 6) is 0.254. The minimum Gasteiger partial charge on any atom is -0.492 e. The fourth-order valence-electron chi connectivity index (χ4n) is 1.16. The zero-order chi connectivity index (χ0) is 11.1. The van der Waals surface area contributed by atoms with Crippen molar-refractivity contribution in [1.29, 1.82) is 0 Å². The first-order chi connectivity index (χ1) is 7.24. The standard InChI is InChI=1S/C12H15NO2/c1-10(14)12(15-2)9-13-8-11-6-4-3-5-7-11/h3-7,9,13H,8H2,1-2H3/b12-9+. The van der Waals surface area contributed by atoms with Crippen molar-refractivity contribution in [3.05, 3.63) is 47.9 Å². The van der Waals surface area contributed by atoms with Crippen molar-refractivity contribution in [2.45, 2.75) is 13.5 Å². The number of allylic oxidation sites excluding steroid dienone is 1. The van der Waals surface area contributed by atoms with E-state index in [1.54, 1.807) is 6.20 Å². The molecule has 0 radical (unpaired) electrons. The average Bonchev–Trinajstić information content (AvgIpc) is 2.25. The fourth-order valence-corrected chi connectivity index (χ4v) is 1.16. The van der Waals surface area contributed by atoms with Crippen LogP contribution in [0.3, 0.4) is 0 Å². The highest BCUT2D eigenvalue weighted by molar-refractivity contribution is 5.91. The topological polar surface area (TPSA) is 38.3 Å². The van der Waals surface area contributed by atoms with Gasteiger partial charge in [-0.3, -0.25) is 4.79 Å². The second kappa shape index (κ2) is 5.86. The summed E-state index contributed by atoms with van der Waals surface area (Å²) in [6.07, 6.45) is 1.59. The first-order valence-electron chi connectivity index (χ1n) is 4.76. The SMILES string of the molecule is CO/C(=C/NCc1ccccc1)C(C)=O. The molecule has 3 heteroatoms. The third kappa shape index (κ3) is 3.85. The molecule has 1 rings (SSSR count). The predicted molar refractivity (Wildman–Crippen MR) is 59.1 cm³/mol. The van der Waals surface area contributed by atoms with Crippen LogP contribution in [0.1, 0.15) is 12.5 Å². The molecular formula is C12H15NO2. The van der Waals surface area contributed by atoms with Gasteiger partial charge in [-0.2, -0.15) is 0 Å². The molecule has 1 N–H and O–H groups in total. The van der Waals surface area contributed by atoms with Crippen LogP contribution in [0, 0.1) is 0 Å². The van der Waals surface area contributed by atoms with Crippen molar-refractivity contribution < 1.29 is 9.53 Å². The average molecular weight is 205 g/mol. The van der Waals surface area contributed by atoms with Crippen molar-refractivity contribution >= 4 is 5.78 Å². The molecule has 0 aliphatic carbocycles. The number of ether oxygens (including phenoxy) is 1. The van der Waals surface area contributed by atoms with E-state index in [9.17, 15) is 4.79 Å². The number of methoxy groups -OCH3 is 1. The molecule has 0 saturated heterocycles. The summed E-state index contributed by atoms with van der Waals surface area (Å²) < 4.78 is 4.90. The van der Waals surface area contributed by atoms with E-state index in [2.05, 4.69) is 5.32 Å². The molecule has 0 unspecified atom stereocenters. The molecule has 0 saturated carbocycles. The van der Waals surface area contributed by atoms with Crippen LogP contribution in [-0.2, 0) is 16.1 Å². The molecular weight excluding hydrogens is 190 g/mol. The van der Waals surface area contributed by atoms with Gasteiger partial charge in [-0.1, -0.05) is 30.3 Å². The molecule has 1 aromatic carbocycles. The molecule has 0 bridgehead atoms. The Balaban J connectivity index is 2.48. The van der Waals surface area contributed by atoms with Crippen LogP contribution in [0.2, 0.25) is 0 Å². The number of benzene rings is 1. The minimum atomic E-state index is -0.0851. The van der Waals surface area contributed by atoms with E-state index in [0.29, 0.717) is 12.3 Å². The zero-order valence-electron chi connectivity index (χ0n) is 8.99. The molecule has 0 spiro atoms. The van der Waals surface area contributed by atoms with Crippen LogP contribution < -0.4 is 5.32 Å². The number of ketones is 1. The molecule has 0 fully saturated rings. The highest BCUT2D eigenvalue weighted by Gasteiger charge is 2.00. The Hall–Kier alpha value is -1.77. The summed E-state index contributed by atoms with van der Waals surface area (Å²) in [5.41, 5.74) is 1.16. The molecule has 80 valence electrons. The van der Waals surface area contributed by atoms with Gasteiger partial charge in [0.25, 0.3) is 0 Å². The van der Waals surface area contributed by atoms with E-state index in [4.69, 9.17) is 4.74 Å². The van der Waals surface area contributed by atoms with Crippen molar-refractivity contribution in [1.82, 2.24) is 5.32 Å². The Morgan fingerprint density at radius 3 is 2.60 bits per heavy atom. The summed E-state index contributed by atoms with van der Waals surface area (Å²) in [7, 11) is 1.48. The molecule has 3 nitrogen and oxygen atoms in total. The van der Waals surface area contributed by atoms with Crippen LogP contribution in [0.25, 0.3) is 0 Å². The lowest BCUT2D eigenvalue weighted by molar-refractivity contribution is -0.116. The van der Waals surface area contributed by atoms with Gasteiger partial charge in [-0.25, -0.2) is 0 Å². The van der Waals surface area contributed by atoms with Crippen LogP contribution in [0.5, 0.6) is 0 Å². The second-order valence-corrected chi connectivity index (χ2v) is 3.14. The van der Waals surface area contributed by atoms with Crippen molar-refractivity contribution in [3.63, 3.8) is 0 Å². The molecule has 0 heterocycles. The smallest absolute Gasteiger partial charge is 0.195 e. The quantitative estimate of drug-likeness (QED) is 0.589. The minimum absolute atomic E-state index is 0.0851. The number of hydrogen-bond donors (Lipinski definition) is 1. The van der Waals surface area contributed by atoms with Crippen molar-refractivity contribution in [3.8, 4) is 0 Å².